The predicted molar refractivity (Wildman–Crippen MR) is 139 cm³/mol. The first-order valence-corrected chi connectivity index (χ1v) is 13.4. The third kappa shape index (κ3) is 5.41. The van der Waals surface area contributed by atoms with E-state index in [-0.39, 0.29) is 62.8 Å². The minimum Gasteiger partial charge on any atom is -0.478 e. The average molecular weight is 560 g/mol. The van der Waals surface area contributed by atoms with Crippen LogP contribution in [-0.4, -0.2) is 83.7 Å². The van der Waals surface area contributed by atoms with Gasteiger partial charge in [-0.2, -0.15) is 0 Å². The first kappa shape index (κ1) is 26.9. The number of hydrogen-bond acceptors (Lipinski definition) is 9. The van der Waals surface area contributed by atoms with Gasteiger partial charge in [-0.1, -0.05) is 0 Å². The van der Waals surface area contributed by atoms with E-state index in [0.717, 1.165) is 28.3 Å². The lowest BCUT2D eigenvalue weighted by molar-refractivity contribution is -0.142. The number of fused-ring (bicyclic) bond motifs is 1. The van der Waals surface area contributed by atoms with E-state index in [0.29, 0.717) is 17.4 Å². The smallest absolute Gasteiger partial charge is 0.335 e. The first-order chi connectivity index (χ1) is 18.7. The Morgan fingerprint density at radius 3 is 2.85 bits per heavy atom. The molecule has 4 heterocycles. The number of nitrogens with zero attached hydrogens (tertiary/aromatic N) is 4. The highest BCUT2D eigenvalue weighted by atomic mass is 32.1. The molecule has 0 spiro atoms. The molecule has 206 valence electrons. The summed E-state index contributed by atoms with van der Waals surface area (Å²) in [5.74, 6) is -3.43. The van der Waals surface area contributed by atoms with Gasteiger partial charge in [-0.25, -0.2) is 18.6 Å². The van der Waals surface area contributed by atoms with Gasteiger partial charge in [0.1, 0.15) is 5.82 Å². The number of thiazole rings is 1. The molecule has 2 fully saturated rings. The van der Waals surface area contributed by atoms with Crippen LogP contribution in [0.2, 0.25) is 0 Å². The molecule has 1 amide bonds. The summed E-state index contributed by atoms with van der Waals surface area (Å²) in [6.45, 7) is 3.15. The van der Waals surface area contributed by atoms with Crippen molar-refractivity contribution in [3.63, 3.8) is 0 Å². The number of alkyl halides is 1. The lowest BCUT2D eigenvalue weighted by Crippen LogP contribution is -2.52. The summed E-state index contributed by atoms with van der Waals surface area (Å²) in [5.41, 5.74) is -0.915. The molecule has 5 rings (SSSR count). The number of aromatic carboxylic acids is 1. The van der Waals surface area contributed by atoms with Gasteiger partial charge < -0.3 is 20.1 Å². The topological polar surface area (TPSA) is 124 Å². The Morgan fingerprint density at radius 2 is 2.13 bits per heavy atom. The van der Waals surface area contributed by atoms with Crippen LogP contribution in [0.3, 0.4) is 0 Å². The van der Waals surface area contributed by atoms with E-state index < -0.39 is 29.3 Å². The van der Waals surface area contributed by atoms with Crippen LogP contribution < -0.4 is 10.2 Å². The maximum Gasteiger partial charge on any atom is 0.335 e. The second kappa shape index (κ2) is 10.8. The summed E-state index contributed by atoms with van der Waals surface area (Å²) < 4.78 is 35.3. The fourth-order valence-electron chi connectivity index (χ4n) is 5.23. The maximum absolute atomic E-state index is 16.0. The number of piperidine rings is 1. The van der Waals surface area contributed by atoms with Gasteiger partial charge >= 0.3 is 11.9 Å². The minimum atomic E-state index is -2.14. The van der Waals surface area contributed by atoms with Crippen molar-refractivity contribution in [3.05, 3.63) is 57.4 Å². The number of amidine groups is 1. The molecule has 13 heteroatoms. The molecule has 2 aromatic rings. The molecule has 2 unspecified atom stereocenters. The van der Waals surface area contributed by atoms with Crippen molar-refractivity contribution >= 4 is 40.7 Å². The number of nitrogens with one attached hydrogen (secondary N) is 1. The Kier molecular flexibility index (Phi) is 7.45. The molecule has 1 aromatic heterocycles. The fraction of sp³-hybridized carbons (Fsp3) is 0.423. The second-order valence-electron chi connectivity index (χ2n) is 9.65. The molecule has 0 aliphatic carbocycles. The Bertz CT molecular complexity index is 1360. The summed E-state index contributed by atoms with van der Waals surface area (Å²) in [7, 11) is 0. The zero-order valence-electron chi connectivity index (χ0n) is 21.2. The molecular weight excluding hydrogens is 532 g/mol. The van der Waals surface area contributed by atoms with Crippen molar-refractivity contribution in [1.29, 1.82) is 0 Å². The summed E-state index contributed by atoms with van der Waals surface area (Å²) in [4.78, 5) is 48.7. The summed E-state index contributed by atoms with van der Waals surface area (Å²) >= 11 is 1.43. The number of hydrogen-bond donors (Lipinski definition) is 2. The van der Waals surface area contributed by atoms with Gasteiger partial charge in [0.25, 0.3) is 5.91 Å². The van der Waals surface area contributed by atoms with Gasteiger partial charge in [0.2, 0.25) is 0 Å². The minimum absolute atomic E-state index is 0.0116. The van der Waals surface area contributed by atoms with Gasteiger partial charge in [0, 0.05) is 61.5 Å². The lowest BCUT2D eigenvalue weighted by atomic mass is 9.85. The highest BCUT2D eigenvalue weighted by Gasteiger charge is 2.57. The third-order valence-electron chi connectivity index (χ3n) is 7.17. The number of carbonyl (C=O) groups is 3. The molecule has 10 nitrogen and oxygen atoms in total. The molecule has 3 aliphatic heterocycles. The number of aromatic nitrogens is 1. The van der Waals surface area contributed by atoms with Gasteiger partial charge in [-0.15, -0.1) is 11.3 Å². The molecule has 2 saturated heterocycles. The molecular formula is C26H27F2N5O5S. The van der Waals surface area contributed by atoms with Crippen molar-refractivity contribution in [1.82, 2.24) is 15.2 Å². The quantitative estimate of drug-likeness (QED) is 0.473. The molecule has 2 N–H and O–H groups in total. The second-order valence-corrected chi connectivity index (χ2v) is 10.5. The van der Waals surface area contributed by atoms with Crippen LogP contribution in [0, 0.1) is 11.7 Å². The Labute approximate surface area is 227 Å². The number of ether oxygens (including phenoxy) is 1. The maximum atomic E-state index is 16.0. The highest BCUT2D eigenvalue weighted by molar-refractivity contribution is 7.11. The number of anilines is 1. The van der Waals surface area contributed by atoms with Crippen molar-refractivity contribution < 1.29 is 33.0 Å². The van der Waals surface area contributed by atoms with Crippen molar-refractivity contribution in [2.75, 3.05) is 44.2 Å². The van der Waals surface area contributed by atoms with Crippen LogP contribution in [0.15, 0.2) is 46.0 Å². The van der Waals surface area contributed by atoms with Crippen LogP contribution >= 0.6 is 11.3 Å². The Hall–Kier alpha value is -3.71. The van der Waals surface area contributed by atoms with E-state index in [1.807, 2.05) is 10.3 Å². The van der Waals surface area contributed by atoms with Crippen molar-refractivity contribution in [2.45, 2.75) is 25.4 Å². The van der Waals surface area contributed by atoms with Gasteiger partial charge in [-0.05, 0) is 30.7 Å². The Balaban J connectivity index is 1.34. The number of carboxylic acids is 1. The van der Waals surface area contributed by atoms with E-state index in [2.05, 4.69) is 15.3 Å². The number of aliphatic imine (C=N–C) groups is 1. The van der Waals surface area contributed by atoms with Crippen LogP contribution in [0.1, 0.15) is 35.1 Å². The summed E-state index contributed by atoms with van der Waals surface area (Å²) in [6.07, 6.45) is 1.67. The molecule has 0 bridgehead atoms. The summed E-state index contributed by atoms with van der Waals surface area (Å²) in [6, 6.07) is 3.08. The molecule has 3 aliphatic rings. The molecule has 0 radical (unpaired) electrons. The monoisotopic (exact) mass is 559 g/mol. The van der Waals surface area contributed by atoms with Crippen LogP contribution in [0.4, 0.5) is 14.5 Å². The van der Waals surface area contributed by atoms with Crippen molar-refractivity contribution in [3.8, 4) is 0 Å². The molecule has 1 aromatic carbocycles. The number of carboxylic acid groups (broad SMARTS) is 1. The standard InChI is InChI=1S/C26H27F2N5O5S/c1-2-38-21(34)9-16-11-30-22(23-29-4-6-39-23)31-20(16)14-32-5-3-26(28)17(12-32)13-33(25(26)37)19-8-15(24(35)36)7-18(27)10-19/h4,6-8,10,17H,2-3,5,9,11-14H2,1H3,(H,30,31)(H,35,36). The zero-order valence-corrected chi connectivity index (χ0v) is 22.0. The van der Waals surface area contributed by atoms with Crippen LogP contribution in [0.25, 0.3) is 0 Å². The summed E-state index contributed by atoms with van der Waals surface area (Å²) in [5, 5.41) is 15.1. The fourth-order valence-corrected chi connectivity index (χ4v) is 5.83. The van der Waals surface area contributed by atoms with E-state index in [4.69, 9.17) is 4.74 Å². The number of carbonyl (C=O) groups excluding carboxylic acids is 2. The van der Waals surface area contributed by atoms with Gasteiger partial charge in [-0.3, -0.25) is 19.5 Å². The SMILES string of the molecule is CCOC(=O)CC1=C(CN2CCC3(F)C(=O)N(c4cc(F)cc(C(=O)O)c4)CC3C2)NC(c2nccs2)=NC1. The van der Waals surface area contributed by atoms with E-state index in [1.165, 1.54) is 17.4 Å². The third-order valence-corrected chi connectivity index (χ3v) is 7.95. The highest BCUT2D eigenvalue weighted by Crippen LogP contribution is 2.42. The van der Waals surface area contributed by atoms with E-state index in [1.54, 1.807) is 13.1 Å². The first-order valence-electron chi connectivity index (χ1n) is 12.5. The predicted octanol–water partition coefficient (Wildman–Crippen LogP) is 2.61. The molecule has 2 atom stereocenters. The zero-order chi connectivity index (χ0) is 27.7. The number of rotatable bonds is 8. The number of amides is 1. The number of likely N-dealkylation sites (tertiary alicyclic amines) is 1. The lowest BCUT2D eigenvalue weighted by Gasteiger charge is -2.38. The van der Waals surface area contributed by atoms with E-state index >= 15 is 4.39 Å². The average Bonchev–Trinajstić information content (AvgIpc) is 3.52. The van der Waals surface area contributed by atoms with Gasteiger partial charge in [0.05, 0.1) is 25.1 Å². The molecule has 39 heavy (non-hydrogen) atoms. The largest absolute Gasteiger partial charge is 0.478 e. The van der Waals surface area contributed by atoms with Crippen LogP contribution in [0.5, 0.6) is 0 Å². The number of benzene rings is 1. The molecule has 0 saturated carbocycles. The number of esters is 1. The Morgan fingerprint density at radius 1 is 1.31 bits per heavy atom. The van der Waals surface area contributed by atoms with Gasteiger partial charge in [0.15, 0.2) is 16.5 Å². The normalized spacial score (nSPS) is 23.4. The van der Waals surface area contributed by atoms with Crippen LogP contribution in [-0.2, 0) is 14.3 Å². The van der Waals surface area contributed by atoms with E-state index in [9.17, 15) is 23.9 Å². The number of halogens is 2. The van der Waals surface area contributed by atoms with Crippen molar-refractivity contribution in [2.24, 2.45) is 10.9 Å².